The lowest BCUT2D eigenvalue weighted by molar-refractivity contribution is -0.130. The number of hydrogen-bond donors (Lipinski definition) is 1. The molecule has 0 saturated carbocycles. The Morgan fingerprint density at radius 1 is 1.00 bits per heavy atom. The predicted molar refractivity (Wildman–Crippen MR) is 86.7 cm³/mol. The largest absolute Gasteiger partial charge is 0.325 e. The van der Waals surface area contributed by atoms with E-state index in [-0.39, 0.29) is 30.8 Å². The van der Waals surface area contributed by atoms with Crippen LogP contribution in [0.25, 0.3) is 0 Å². The lowest BCUT2D eigenvalue weighted by Gasteiger charge is -2.21. The van der Waals surface area contributed by atoms with E-state index in [2.05, 4.69) is 5.32 Å². The highest BCUT2D eigenvalue weighted by Crippen LogP contribution is 2.33. The SMILES string of the molecule is O=C1NC2(CCSC2)C(=O)N1CCN1C(=O)c2ccccc2C1=O. The van der Waals surface area contributed by atoms with E-state index in [9.17, 15) is 19.2 Å². The number of hydrogen-bond acceptors (Lipinski definition) is 5. The number of urea groups is 1. The van der Waals surface area contributed by atoms with Crippen LogP contribution in [0.2, 0.25) is 0 Å². The molecule has 2 saturated heterocycles. The van der Waals surface area contributed by atoms with Gasteiger partial charge in [-0.25, -0.2) is 4.79 Å². The van der Waals surface area contributed by atoms with Gasteiger partial charge in [-0.3, -0.25) is 24.2 Å². The first-order valence-electron chi connectivity index (χ1n) is 7.71. The first kappa shape index (κ1) is 15.2. The fraction of sp³-hybridized carbons (Fsp3) is 0.375. The second kappa shape index (κ2) is 5.34. The molecule has 24 heavy (non-hydrogen) atoms. The quantitative estimate of drug-likeness (QED) is 0.644. The fourth-order valence-corrected chi connectivity index (χ4v) is 4.68. The molecule has 1 atom stereocenters. The molecule has 5 amide bonds. The summed E-state index contributed by atoms with van der Waals surface area (Å²) in [6.07, 6.45) is 0.617. The summed E-state index contributed by atoms with van der Waals surface area (Å²) in [5, 5.41) is 2.77. The fourth-order valence-electron chi connectivity index (χ4n) is 3.35. The van der Waals surface area contributed by atoms with Crippen molar-refractivity contribution in [1.29, 1.82) is 0 Å². The van der Waals surface area contributed by atoms with Gasteiger partial charge >= 0.3 is 6.03 Å². The summed E-state index contributed by atoms with van der Waals surface area (Å²) in [7, 11) is 0. The Kier molecular flexibility index (Phi) is 3.38. The van der Waals surface area contributed by atoms with E-state index in [4.69, 9.17) is 0 Å². The lowest BCUT2D eigenvalue weighted by atomic mass is 9.99. The summed E-state index contributed by atoms with van der Waals surface area (Å²) < 4.78 is 0. The molecular weight excluding hydrogens is 330 g/mol. The number of nitrogens with zero attached hydrogens (tertiary/aromatic N) is 2. The van der Waals surface area contributed by atoms with Crippen LogP contribution in [0.4, 0.5) is 4.79 Å². The van der Waals surface area contributed by atoms with Crippen LogP contribution in [0, 0.1) is 0 Å². The second-order valence-electron chi connectivity index (χ2n) is 6.08. The van der Waals surface area contributed by atoms with Gasteiger partial charge < -0.3 is 5.32 Å². The summed E-state index contributed by atoms with van der Waals surface area (Å²) >= 11 is 1.63. The van der Waals surface area contributed by atoms with E-state index < -0.39 is 11.6 Å². The molecule has 2 fully saturated rings. The van der Waals surface area contributed by atoms with Crippen molar-refractivity contribution in [3.05, 3.63) is 35.4 Å². The number of carbonyl (C=O) groups is 4. The summed E-state index contributed by atoms with van der Waals surface area (Å²) in [6.45, 7) is 0.0251. The highest BCUT2D eigenvalue weighted by Gasteiger charge is 2.53. The summed E-state index contributed by atoms with van der Waals surface area (Å²) in [5.41, 5.74) is -0.0734. The van der Waals surface area contributed by atoms with Crippen molar-refractivity contribution >= 4 is 35.5 Å². The number of nitrogens with one attached hydrogen (secondary N) is 1. The number of rotatable bonds is 3. The maximum absolute atomic E-state index is 12.6. The summed E-state index contributed by atoms with van der Waals surface area (Å²) in [6, 6.07) is 6.17. The molecule has 3 aliphatic rings. The van der Waals surface area contributed by atoms with Crippen LogP contribution in [-0.4, -0.2) is 63.7 Å². The number of benzene rings is 1. The van der Waals surface area contributed by atoms with Crippen LogP contribution >= 0.6 is 11.8 Å². The van der Waals surface area contributed by atoms with E-state index in [1.807, 2.05) is 0 Å². The van der Waals surface area contributed by atoms with Gasteiger partial charge in [0.05, 0.1) is 11.1 Å². The zero-order valence-corrected chi connectivity index (χ0v) is 13.6. The van der Waals surface area contributed by atoms with Gasteiger partial charge in [0.1, 0.15) is 5.54 Å². The van der Waals surface area contributed by atoms with Crippen molar-refractivity contribution in [2.75, 3.05) is 24.6 Å². The molecule has 1 spiro atoms. The molecule has 3 heterocycles. The van der Waals surface area contributed by atoms with E-state index in [1.54, 1.807) is 36.0 Å². The van der Waals surface area contributed by atoms with E-state index >= 15 is 0 Å². The Hall–Kier alpha value is -2.35. The van der Waals surface area contributed by atoms with Crippen LogP contribution in [0.5, 0.6) is 0 Å². The van der Waals surface area contributed by atoms with Crippen LogP contribution in [-0.2, 0) is 4.79 Å². The van der Waals surface area contributed by atoms with Crippen LogP contribution in [0.1, 0.15) is 27.1 Å². The first-order valence-corrected chi connectivity index (χ1v) is 8.86. The Labute approximate surface area is 142 Å². The minimum Gasteiger partial charge on any atom is -0.322 e. The number of fused-ring (bicyclic) bond motifs is 1. The lowest BCUT2D eigenvalue weighted by Crippen LogP contribution is -2.47. The number of imide groups is 2. The predicted octanol–water partition coefficient (Wildman–Crippen LogP) is 0.710. The molecular formula is C16H15N3O4S. The third-order valence-corrected chi connectivity index (χ3v) is 5.88. The molecule has 0 aliphatic carbocycles. The van der Waals surface area contributed by atoms with Crippen molar-refractivity contribution in [3.8, 4) is 0 Å². The number of amides is 5. The minimum atomic E-state index is -0.802. The molecule has 0 bridgehead atoms. The van der Waals surface area contributed by atoms with E-state index in [0.717, 1.165) is 15.6 Å². The molecule has 3 aliphatic heterocycles. The van der Waals surface area contributed by atoms with Crippen molar-refractivity contribution in [1.82, 2.24) is 15.1 Å². The highest BCUT2D eigenvalue weighted by atomic mass is 32.2. The van der Waals surface area contributed by atoms with Crippen molar-refractivity contribution in [2.24, 2.45) is 0 Å². The standard InChI is InChI=1S/C16H15N3O4S/c20-12-10-3-1-2-4-11(10)13(21)18(12)6-7-19-14(22)16(17-15(19)23)5-8-24-9-16/h1-4H,5-9H2,(H,17,23). The zero-order chi connectivity index (χ0) is 16.9. The second-order valence-corrected chi connectivity index (χ2v) is 7.18. The normalized spacial score (nSPS) is 25.8. The molecule has 7 nitrogen and oxygen atoms in total. The Balaban J connectivity index is 1.48. The Morgan fingerprint density at radius 2 is 1.62 bits per heavy atom. The van der Waals surface area contributed by atoms with Crippen molar-refractivity contribution in [3.63, 3.8) is 0 Å². The van der Waals surface area contributed by atoms with Crippen molar-refractivity contribution < 1.29 is 19.2 Å². The highest BCUT2D eigenvalue weighted by molar-refractivity contribution is 7.99. The van der Waals surface area contributed by atoms with Gasteiger partial charge in [-0.15, -0.1) is 0 Å². The Bertz CT molecular complexity index is 737. The van der Waals surface area contributed by atoms with Gasteiger partial charge in [-0.05, 0) is 24.3 Å². The number of carbonyl (C=O) groups excluding carboxylic acids is 4. The van der Waals surface area contributed by atoms with Gasteiger partial charge in [-0.1, -0.05) is 12.1 Å². The number of thioether (sulfide) groups is 1. The zero-order valence-electron chi connectivity index (χ0n) is 12.8. The third-order valence-electron chi connectivity index (χ3n) is 4.69. The van der Waals surface area contributed by atoms with E-state index in [0.29, 0.717) is 23.3 Å². The molecule has 1 unspecified atom stereocenters. The smallest absolute Gasteiger partial charge is 0.322 e. The van der Waals surface area contributed by atoms with Gasteiger partial charge in [0.25, 0.3) is 17.7 Å². The van der Waals surface area contributed by atoms with Gasteiger partial charge in [0.2, 0.25) is 0 Å². The van der Waals surface area contributed by atoms with Crippen molar-refractivity contribution in [2.45, 2.75) is 12.0 Å². The molecule has 1 aromatic rings. The van der Waals surface area contributed by atoms with Gasteiger partial charge in [-0.2, -0.15) is 11.8 Å². The molecule has 124 valence electrons. The molecule has 4 rings (SSSR count). The maximum atomic E-state index is 12.6. The van der Waals surface area contributed by atoms with Crippen LogP contribution in [0.3, 0.4) is 0 Å². The molecule has 0 aromatic heterocycles. The average molecular weight is 345 g/mol. The minimum absolute atomic E-state index is 0.00866. The molecule has 0 radical (unpaired) electrons. The molecule has 1 aromatic carbocycles. The first-order chi connectivity index (χ1) is 11.5. The molecule has 1 N–H and O–H groups in total. The van der Waals surface area contributed by atoms with E-state index in [1.165, 1.54) is 0 Å². The summed E-state index contributed by atoms with van der Waals surface area (Å²) in [5.74, 6) is 0.385. The monoisotopic (exact) mass is 345 g/mol. The van der Waals surface area contributed by atoms with Gasteiger partial charge in [0.15, 0.2) is 0 Å². The maximum Gasteiger partial charge on any atom is 0.325 e. The van der Waals surface area contributed by atoms with Gasteiger partial charge in [0, 0.05) is 18.8 Å². The molecule has 8 heteroatoms. The van der Waals surface area contributed by atoms with Crippen LogP contribution in [0.15, 0.2) is 24.3 Å². The Morgan fingerprint density at radius 3 is 2.21 bits per heavy atom. The van der Waals surface area contributed by atoms with Crippen LogP contribution < -0.4 is 5.32 Å². The average Bonchev–Trinajstić information content (AvgIpc) is 3.21. The third kappa shape index (κ3) is 2.06. The summed E-state index contributed by atoms with van der Waals surface area (Å²) in [4.78, 5) is 51.6. The topological polar surface area (TPSA) is 86.8 Å².